The molecular weight excluding hydrogens is 243 g/mol. The third kappa shape index (κ3) is 4.60. The van der Waals surface area contributed by atoms with Crippen molar-refractivity contribution in [1.82, 2.24) is 0 Å². The molecule has 0 radical (unpaired) electrons. The number of anilines is 1. The summed E-state index contributed by atoms with van der Waals surface area (Å²) in [5.41, 5.74) is 0.0985. The molecule has 94 valence electrons. The highest BCUT2D eigenvalue weighted by molar-refractivity contribution is 7.98. The molecule has 1 N–H and O–H groups in total. The summed E-state index contributed by atoms with van der Waals surface area (Å²) in [5, 5.41) is 13.4. The fourth-order valence-corrected chi connectivity index (χ4v) is 1.85. The van der Waals surface area contributed by atoms with Crippen LogP contribution in [0.1, 0.15) is 12.8 Å². The first-order valence-corrected chi connectivity index (χ1v) is 6.71. The number of rotatable bonds is 7. The van der Waals surface area contributed by atoms with Crippen LogP contribution in [-0.4, -0.2) is 23.5 Å². The average molecular weight is 258 g/mol. The van der Waals surface area contributed by atoms with E-state index in [1.165, 1.54) is 6.07 Å². The zero-order valence-electron chi connectivity index (χ0n) is 9.61. The molecule has 0 saturated carbocycles. The van der Waals surface area contributed by atoms with Crippen LogP contribution in [0.25, 0.3) is 0 Å². The van der Waals surface area contributed by atoms with Gasteiger partial charge in [0.05, 0.1) is 10.6 Å². The van der Waals surface area contributed by atoms with Gasteiger partial charge in [0.2, 0.25) is 0 Å². The number of benzene rings is 1. The van der Waals surface area contributed by atoms with Gasteiger partial charge in [0.25, 0.3) is 5.69 Å². The quantitative estimate of drug-likeness (QED) is 0.463. The van der Waals surface area contributed by atoms with E-state index in [0.29, 0.717) is 6.54 Å². The van der Waals surface area contributed by atoms with Gasteiger partial charge in [0.1, 0.15) is 5.82 Å². The van der Waals surface area contributed by atoms with Crippen molar-refractivity contribution in [3.05, 3.63) is 34.1 Å². The largest absolute Gasteiger partial charge is 0.382 e. The Morgan fingerprint density at radius 1 is 1.47 bits per heavy atom. The molecular formula is C11H15FN2O2S. The molecule has 0 unspecified atom stereocenters. The minimum Gasteiger partial charge on any atom is -0.382 e. The highest BCUT2D eigenvalue weighted by Crippen LogP contribution is 2.21. The second kappa shape index (κ2) is 7.11. The van der Waals surface area contributed by atoms with Gasteiger partial charge in [0.15, 0.2) is 0 Å². The second-order valence-corrected chi connectivity index (χ2v) is 4.53. The normalized spacial score (nSPS) is 10.2. The topological polar surface area (TPSA) is 55.2 Å². The van der Waals surface area contributed by atoms with Gasteiger partial charge in [-0.2, -0.15) is 11.8 Å². The number of nitro groups is 1. The van der Waals surface area contributed by atoms with Gasteiger partial charge < -0.3 is 5.32 Å². The van der Waals surface area contributed by atoms with Gasteiger partial charge >= 0.3 is 0 Å². The van der Waals surface area contributed by atoms with Crippen LogP contribution in [0.3, 0.4) is 0 Å². The number of nitrogens with zero attached hydrogens (tertiary/aromatic N) is 1. The first-order chi connectivity index (χ1) is 8.15. The lowest BCUT2D eigenvalue weighted by Crippen LogP contribution is -2.04. The second-order valence-electron chi connectivity index (χ2n) is 3.55. The summed E-state index contributed by atoms with van der Waals surface area (Å²) in [6.45, 7) is 0.624. The molecule has 0 aliphatic heterocycles. The summed E-state index contributed by atoms with van der Waals surface area (Å²) in [4.78, 5) is 10.0. The maximum atomic E-state index is 13.3. The SMILES string of the molecule is CSCCCCNc1cc([N+](=O)[O-])ccc1F. The van der Waals surface area contributed by atoms with Crippen LogP contribution >= 0.6 is 11.8 Å². The summed E-state index contributed by atoms with van der Waals surface area (Å²) >= 11 is 1.77. The number of thioether (sulfide) groups is 1. The molecule has 1 aromatic rings. The predicted octanol–water partition coefficient (Wildman–Crippen LogP) is 3.29. The number of hydrogen-bond acceptors (Lipinski definition) is 4. The first kappa shape index (κ1) is 13.8. The molecule has 0 aliphatic rings. The van der Waals surface area contributed by atoms with Crippen LogP contribution < -0.4 is 5.32 Å². The van der Waals surface area contributed by atoms with E-state index in [9.17, 15) is 14.5 Å². The third-order valence-electron chi connectivity index (χ3n) is 2.25. The van der Waals surface area contributed by atoms with E-state index in [-0.39, 0.29) is 11.4 Å². The number of nitro benzene ring substituents is 1. The number of hydrogen-bond donors (Lipinski definition) is 1. The number of nitrogens with one attached hydrogen (secondary N) is 1. The Morgan fingerprint density at radius 2 is 2.24 bits per heavy atom. The summed E-state index contributed by atoms with van der Waals surface area (Å²) in [7, 11) is 0. The Hall–Kier alpha value is -1.30. The molecule has 4 nitrogen and oxygen atoms in total. The number of unbranched alkanes of at least 4 members (excludes halogenated alkanes) is 1. The van der Waals surface area contributed by atoms with Crippen LogP contribution in [0.2, 0.25) is 0 Å². The van der Waals surface area contributed by atoms with Crippen molar-refractivity contribution >= 4 is 23.1 Å². The smallest absolute Gasteiger partial charge is 0.271 e. The van der Waals surface area contributed by atoms with Crippen molar-refractivity contribution in [3.63, 3.8) is 0 Å². The van der Waals surface area contributed by atoms with E-state index in [1.807, 2.05) is 6.26 Å². The molecule has 0 atom stereocenters. The lowest BCUT2D eigenvalue weighted by Gasteiger charge is -2.06. The molecule has 0 spiro atoms. The van der Waals surface area contributed by atoms with Crippen LogP contribution in [0.4, 0.5) is 15.8 Å². The van der Waals surface area contributed by atoms with E-state index in [4.69, 9.17) is 0 Å². The zero-order valence-corrected chi connectivity index (χ0v) is 10.4. The van der Waals surface area contributed by atoms with Crippen molar-refractivity contribution in [2.24, 2.45) is 0 Å². The van der Waals surface area contributed by atoms with Gasteiger partial charge in [-0.1, -0.05) is 0 Å². The summed E-state index contributed by atoms with van der Waals surface area (Å²) in [5.74, 6) is 0.611. The molecule has 17 heavy (non-hydrogen) atoms. The number of halogens is 1. The first-order valence-electron chi connectivity index (χ1n) is 5.32. The summed E-state index contributed by atoms with van der Waals surface area (Å²) < 4.78 is 13.3. The molecule has 6 heteroatoms. The number of non-ortho nitro benzene ring substituents is 1. The van der Waals surface area contributed by atoms with Crippen molar-refractivity contribution in [3.8, 4) is 0 Å². The Bertz CT molecular complexity index is 388. The van der Waals surface area contributed by atoms with E-state index in [0.717, 1.165) is 30.7 Å². The zero-order chi connectivity index (χ0) is 12.7. The van der Waals surface area contributed by atoms with Gasteiger partial charge in [-0.05, 0) is 30.9 Å². The van der Waals surface area contributed by atoms with Crippen LogP contribution in [0.15, 0.2) is 18.2 Å². The molecule has 0 aromatic heterocycles. The van der Waals surface area contributed by atoms with Gasteiger partial charge in [-0.15, -0.1) is 0 Å². The van der Waals surface area contributed by atoms with E-state index < -0.39 is 10.7 Å². The monoisotopic (exact) mass is 258 g/mol. The van der Waals surface area contributed by atoms with Gasteiger partial charge in [-0.25, -0.2) is 4.39 Å². The van der Waals surface area contributed by atoms with Crippen molar-refractivity contribution < 1.29 is 9.31 Å². The van der Waals surface area contributed by atoms with E-state index >= 15 is 0 Å². The molecule has 0 heterocycles. The molecule has 1 aromatic carbocycles. The Balaban J connectivity index is 2.51. The summed E-state index contributed by atoms with van der Waals surface area (Å²) in [6.07, 6.45) is 4.00. The van der Waals surface area contributed by atoms with Crippen molar-refractivity contribution in [2.45, 2.75) is 12.8 Å². The van der Waals surface area contributed by atoms with Crippen molar-refractivity contribution in [1.29, 1.82) is 0 Å². The fourth-order valence-electron chi connectivity index (χ4n) is 1.36. The summed E-state index contributed by atoms with van der Waals surface area (Å²) in [6, 6.07) is 3.50. The predicted molar refractivity (Wildman–Crippen MR) is 69.2 cm³/mol. The van der Waals surface area contributed by atoms with E-state index in [1.54, 1.807) is 11.8 Å². The maximum absolute atomic E-state index is 13.3. The standard InChI is InChI=1S/C11H15FN2O2S/c1-17-7-3-2-6-13-11-8-9(14(15)16)4-5-10(11)12/h4-5,8,13H,2-3,6-7H2,1H3. The van der Waals surface area contributed by atoms with Crippen molar-refractivity contribution in [2.75, 3.05) is 23.9 Å². The third-order valence-corrected chi connectivity index (χ3v) is 2.95. The fraction of sp³-hybridized carbons (Fsp3) is 0.455. The lowest BCUT2D eigenvalue weighted by molar-refractivity contribution is -0.384. The Kier molecular flexibility index (Phi) is 5.76. The van der Waals surface area contributed by atoms with E-state index in [2.05, 4.69) is 5.32 Å². The van der Waals surface area contributed by atoms with Crippen LogP contribution in [0.5, 0.6) is 0 Å². The highest BCUT2D eigenvalue weighted by atomic mass is 32.2. The lowest BCUT2D eigenvalue weighted by atomic mass is 10.2. The molecule has 0 amide bonds. The molecule has 0 bridgehead atoms. The molecule has 0 aliphatic carbocycles. The van der Waals surface area contributed by atoms with Gasteiger partial charge in [0, 0.05) is 18.7 Å². The Morgan fingerprint density at radius 3 is 2.88 bits per heavy atom. The maximum Gasteiger partial charge on any atom is 0.271 e. The molecule has 0 saturated heterocycles. The minimum atomic E-state index is -0.529. The average Bonchev–Trinajstić information content (AvgIpc) is 2.30. The molecule has 1 rings (SSSR count). The Labute approximate surface area is 104 Å². The van der Waals surface area contributed by atoms with Crippen LogP contribution in [0, 0.1) is 15.9 Å². The highest BCUT2D eigenvalue weighted by Gasteiger charge is 2.09. The minimum absolute atomic E-state index is 0.0991. The van der Waals surface area contributed by atoms with Crippen LogP contribution in [-0.2, 0) is 0 Å². The molecule has 0 fully saturated rings. The van der Waals surface area contributed by atoms with Gasteiger partial charge in [-0.3, -0.25) is 10.1 Å².